The molecule has 1 saturated heterocycles. The average Bonchev–Trinajstić information content (AvgIpc) is 2.51. The summed E-state index contributed by atoms with van der Waals surface area (Å²) in [6, 6.07) is 7.58. The summed E-state index contributed by atoms with van der Waals surface area (Å²) in [5.41, 5.74) is 2.71. The van der Waals surface area contributed by atoms with Crippen molar-refractivity contribution in [2.24, 2.45) is 7.05 Å². The fourth-order valence-electron chi connectivity index (χ4n) is 3.05. The van der Waals surface area contributed by atoms with Gasteiger partial charge in [-0.3, -0.25) is 4.79 Å². The minimum absolute atomic E-state index is 0.0400. The topological polar surface area (TPSA) is 61.9 Å². The van der Waals surface area contributed by atoms with Crippen LogP contribution in [0.15, 0.2) is 23.0 Å². The molecule has 0 N–H and O–H groups in total. The Labute approximate surface area is 123 Å². The van der Waals surface area contributed by atoms with Crippen molar-refractivity contribution in [1.29, 1.82) is 5.26 Å². The summed E-state index contributed by atoms with van der Waals surface area (Å²) in [4.78, 5) is 18.9. The number of aryl methyl sites for hydroxylation is 1. The van der Waals surface area contributed by atoms with E-state index in [1.165, 1.54) is 6.42 Å². The van der Waals surface area contributed by atoms with Crippen molar-refractivity contribution in [3.8, 4) is 6.07 Å². The molecule has 1 unspecified atom stereocenters. The van der Waals surface area contributed by atoms with E-state index in [1.54, 1.807) is 29.8 Å². The highest BCUT2D eigenvalue weighted by atomic mass is 16.1. The van der Waals surface area contributed by atoms with E-state index < -0.39 is 0 Å². The molecule has 3 rings (SSSR count). The lowest BCUT2D eigenvalue weighted by Gasteiger charge is -2.35. The first kappa shape index (κ1) is 13.6. The minimum Gasteiger partial charge on any atom is -0.367 e. The lowest BCUT2D eigenvalue weighted by molar-refractivity contribution is 0.485. The van der Waals surface area contributed by atoms with Crippen LogP contribution < -0.4 is 10.5 Å². The Morgan fingerprint density at radius 1 is 1.38 bits per heavy atom. The Kier molecular flexibility index (Phi) is 3.38. The third-order valence-corrected chi connectivity index (χ3v) is 4.30. The molecule has 5 heteroatoms. The fourth-order valence-corrected chi connectivity index (χ4v) is 3.05. The molecule has 0 bridgehead atoms. The van der Waals surface area contributed by atoms with Crippen LogP contribution in [0, 0.1) is 11.3 Å². The number of piperidine rings is 1. The van der Waals surface area contributed by atoms with E-state index in [9.17, 15) is 4.79 Å². The molecule has 2 aromatic rings. The smallest absolute Gasteiger partial charge is 0.252 e. The molecule has 1 atom stereocenters. The highest BCUT2D eigenvalue weighted by Crippen LogP contribution is 2.29. The van der Waals surface area contributed by atoms with Crippen molar-refractivity contribution in [2.75, 3.05) is 11.4 Å². The highest BCUT2D eigenvalue weighted by Gasteiger charge is 2.22. The maximum atomic E-state index is 12.2. The van der Waals surface area contributed by atoms with Gasteiger partial charge in [0.25, 0.3) is 5.56 Å². The molecule has 0 aliphatic carbocycles. The molecule has 2 aromatic heterocycles. The van der Waals surface area contributed by atoms with Gasteiger partial charge in [0, 0.05) is 25.7 Å². The van der Waals surface area contributed by atoms with Crippen LogP contribution in [0.3, 0.4) is 0 Å². The van der Waals surface area contributed by atoms with Gasteiger partial charge < -0.3 is 9.47 Å². The number of hydrogen-bond donors (Lipinski definition) is 0. The second-order valence-electron chi connectivity index (χ2n) is 5.64. The third kappa shape index (κ3) is 2.27. The molecule has 0 aromatic carbocycles. The number of nitriles is 1. The van der Waals surface area contributed by atoms with Crippen LogP contribution in [0.2, 0.25) is 0 Å². The Balaban J connectivity index is 2.28. The first-order valence-corrected chi connectivity index (χ1v) is 7.29. The van der Waals surface area contributed by atoms with Crippen molar-refractivity contribution in [3.63, 3.8) is 0 Å². The van der Waals surface area contributed by atoms with Gasteiger partial charge in [-0.15, -0.1) is 0 Å². The summed E-state index contributed by atoms with van der Waals surface area (Å²) in [7, 11) is 1.74. The minimum atomic E-state index is -0.0400. The number of hydrogen-bond acceptors (Lipinski definition) is 4. The highest BCUT2D eigenvalue weighted by molar-refractivity contribution is 5.88. The zero-order chi connectivity index (χ0) is 15.0. The summed E-state index contributed by atoms with van der Waals surface area (Å²) in [6.45, 7) is 3.11. The van der Waals surface area contributed by atoms with E-state index in [4.69, 9.17) is 5.26 Å². The van der Waals surface area contributed by atoms with Crippen LogP contribution in [0.4, 0.5) is 5.69 Å². The quantitative estimate of drug-likeness (QED) is 0.804. The molecule has 0 spiro atoms. The molecule has 0 amide bonds. The first-order valence-electron chi connectivity index (χ1n) is 7.29. The van der Waals surface area contributed by atoms with E-state index in [0.717, 1.165) is 36.1 Å². The lowest BCUT2D eigenvalue weighted by Crippen LogP contribution is -2.38. The zero-order valence-electron chi connectivity index (χ0n) is 12.3. The van der Waals surface area contributed by atoms with E-state index in [2.05, 4.69) is 22.9 Å². The maximum absolute atomic E-state index is 12.2. The van der Waals surface area contributed by atoms with Crippen LogP contribution in [-0.4, -0.2) is 22.1 Å². The molecule has 21 heavy (non-hydrogen) atoms. The molecule has 0 saturated carbocycles. The molecule has 5 nitrogen and oxygen atoms in total. The van der Waals surface area contributed by atoms with E-state index in [-0.39, 0.29) is 5.56 Å². The summed E-state index contributed by atoms with van der Waals surface area (Å²) < 4.78 is 1.58. The SMILES string of the molecule is CC1CCCCN1c1cc(=O)n(C)c2ccc(C#N)nc12. The van der Waals surface area contributed by atoms with Crippen molar-refractivity contribution in [3.05, 3.63) is 34.2 Å². The lowest BCUT2D eigenvalue weighted by atomic mass is 10.0. The maximum Gasteiger partial charge on any atom is 0.252 e. The van der Waals surface area contributed by atoms with E-state index >= 15 is 0 Å². The Morgan fingerprint density at radius 2 is 2.19 bits per heavy atom. The van der Waals surface area contributed by atoms with Gasteiger partial charge in [-0.2, -0.15) is 5.26 Å². The van der Waals surface area contributed by atoms with Crippen LogP contribution in [-0.2, 0) is 7.05 Å². The van der Waals surface area contributed by atoms with Gasteiger partial charge in [0.15, 0.2) is 0 Å². The number of aromatic nitrogens is 2. The molecule has 1 aliphatic rings. The third-order valence-electron chi connectivity index (χ3n) is 4.30. The molecular formula is C16H18N4O. The van der Waals surface area contributed by atoms with Gasteiger partial charge in [-0.25, -0.2) is 4.98 Å². The standard InChI is InChI=1S/C16H18N4O/c1-11-5-3-4-8-20(11)14-9-15(21)19(2)13-7-6-12(10-17)18-16(13)14/h6-7,9,11H,3-5,8H2,1-2H3. The van der Waals surface area contributed by atoms with Crippen LogP contribution in [0.1, 0.15) is 31.9 Å². The van der Waals surface area contributed by atoms with Gasteiger partial charge in [-0.1, -0.05) is 0 Å². The van der Waals surface area contributed by atoms with Crippen molar-refractivity contribution >= 4 is 16.7 Å². The number of anilines is 1. The first-order chi connectivity index (χ1) is 10.1. The second kappa shape index (κ2) is 5.21. The summed E-state index contributed by atoms with van der Waals surface area (Å²) in [6.07, 6.45) is 3.46. The summed E-state index contributed by atoms with van der Waals surface area (Å²) in [5, 5.41) is 9.08. The van der Waals surface area contributed by atoms with Gasteiger partial charge in [0.1, 0.15) is 17.3 Å². The van der Waals surface area contributed by atoms with E-state index in [1.807, 2.05) is 0 Å². The van der Waals surface area contributed by atoms with Crippen molar-refractivity contribution in [1.82, 2.24) is 9.55 Å². The molecule has 1 aliphatic heterocycles. The molecular weight excluding hydrogens is 264 g/mol. The van der Waals surface area contributed by atoms with Gasteiger partial charge >= 0.3 is 0 Å². The number of nitrogens with zero attached hydrogens (tertiary/aromatic N) is 4. The van der Waals surface area contributed by atoms with Crippen LogP contribution in [0.5, 0.6) is 0 Å². The molecule has 1 fully saturated rings. The zero-order valence-corrected chi connectivity index (χ0v) is 12.3. The average molecular weight is 282 g/mol. The predicted octanol–water partition coefficient (Wildman–Crippen LogP) is 2.18. The van der Waals surface area contributed by atoms with Crippen molar-refractivity contribution < 1.29 is 0 Å². The van der Waals surface area contributed by atoms with Crippen LogP contribution in [0.25, 0.3) is 11.0 Å². The Morgan fingerprint density at radius 3 is 2.90 bits per heavy atom. The van der Waals surface area contributed by atoms with Gasteiger partial charge in [-0.05, 0) is 38.3 Å². The molecule has 3 heterocycles. The largest absolute Gasteiger partial charge is 0.367 e. The van der Waals surface area contributed by atoms with Gasteiger partial charge in [0.05, 0.1) is 11.2 Å². The predicted molar refractivity (Wildman–Crippen MR) is 82.4 cm³/mol. The van der Waals surface area contributed by atoms with Crippen molar-refractivity contribution in [2.45, 2.75) is 32.2 Å². The van der Waals surface area contributed by atoms with Gasteiger partial charge in [0.2, 0.25) is 0 Å². The fraction of sp³-hybridized carbons (Fsp3) is 0.438. The Bertz CT molecular complexity index is 787. The Hall–Kier alpha value is -2.35. The second-order valence-corrected chi connectivity index (χ2v) is 5.64. The summed E-state index contributed by atoms with van der Waals surface area (Å²) in [5.74, 6) is 0. The normalized spacial score (nSPS) is 18.7. The van der Waals surface area contributed by atoms with E-state index in [0.29, 0.717) is 11.7 Å². The number of pyridine rings is 2. The molecule has 0 radical (unpaired) electrons. The number of fused-ring (bicyclic) bond motifs is 1. The molecule has 108 valence electrons. The van der Waals surface area contributed by atoms with Crippen LogP contribution >= 0.6 is 0 Å². The number of rotatable bonds is 1. The monoisotopic (exact) mass is 282 g/mol. The summed E-state index contributed by atoms with van der Waals surface area (Å²) >= 11 is 0.